The van der Waals surface area contributed by atoms with Gasteiger partial charge >= 0.3 is 0 Å². The van der Waals surface area contributed by atoms with Crippen LogP contribution in [0.4, 0.5) is 11.6 Å². The van der Waals surface area contributed by atoms with Crippen molar-refractivity contribution in [1.29, 1.82) is 0 Å². The van der Waals surface area contributed by atoms with Crippen LogP contribution in [0.2, 0.25) is 0 Å². The van der Waals surface area contributed by atoms with Gasteiger partial charge in [0.15, 0.2) is 5.82 Å². The summed E-state index contributed by atoms with van der Waals surface area (Å²) >= 11 is 0. The number of hydrogen-bond donors (Lipinski definition) is 3. The van der Waals surface area contributed by atoms with Crippen molar-refractivity contribution >= 4 is 28.4 Å². The normalized spacial score (nSPS) is 14.4. The van der Waals surface area contributed by atoms with Crippen LogP contribution in [0.1, 0.15) is 43.1 Å². The molecule has 4 heterocycles. The van der Waals surface area contributed by atoms with Gasteiger partial charge in [0.2, 0.25) is 0 Å². The Morgan fingerprint density at radius 2 is 1.94 bits per heavy atom. The first-order valence-corrected chi connectivity index (χ1v) is 11.5. The topological polar surface area (TPSA) is 123 Å². The van der Waals surface area contributed by atoms with Gasteiger partial charge in [0.25, 0.3) is 5.91 Å². The van der Waals surface area contributed by atoms with Crippen LogP contribution < -0.4 is 16.0 Å². The van der Waals surface area contributed by atoms with Crippen molar-refractivity contribution in [3.05, 3.63) is 54.6 Å². The number of anilines is 2. The summed E-state index contributed by atoms with van der Waals surface area (Å²) in [4.78, 5) is 21.8. The molecule has 34 heavy (non-hydrogen) atoms. The van der Waals surface area contributed by atoms with Crippen LogP contribution in [0.5, 0.6) is 0 Å². The molecular formula is C24H27N9O. The SMILES string of the molecule is CC(C)n1cc(C(=O)Nc2cc3cc(-c4cncc(NC5CCNCC5)n4)ccc3nn2)cn1. The molecule has 3 N–H and O–H groups in total. The molecule has 4 aromatic rings. The first-order chi connectivity index (χ1) is 16.5. The zero-order valence-electron chi connectivity index (χ0n) is 19.2. The first kappa shape index (κ1) is 21.9. The highest BCUT2D eigenvalue weighted by atomic mass is 16.1. The standard InChI is InChI=1S/C24H27N9O/c1-15(2)33-14-18(11-27-33)24(34)30-22-10-17-9-16(3-4-20(17)31-32-22)21-12-26-13-23(29-21)28-19-5-7-25-8-6-19/h3-4,9-15,19,25H,5-8H2,1-2H3,(H,28,29)(H,30,32,34). The molecule has 10 heteroatoms. The lowest BCUT2D eigenvalue weighted by atomic mass is 10.1. The Hall–Kier alpha value is -3.92. The minimum Gasteiger partial charge on any atom is -0.366 e. The lowest BCUT2D eigenvalue weighted by molar-refractivity contribution is 0.102. The number of rotatable bonds is 6. The Morgan fingerprint density at radius 3 is 2.74 bits per heavy atom. The van der Waals surface area contributed by atoms with Crippen LogP contribution in [-0.4, -0.2) is 55.0 Å². The van der Waals surface area contributed by atoms with Crippen LogP contribution in [0.15, 0.2) is 49.1 Å². The number of hydrogen-bond acceptors (Lipinski definition) is 8. The number of nitrogens with one attached hydrogen (secondary N) is 3. The van der Waals surface area contributed by atoms with Crippen LogP contribution in [0.3, 0.4) is 0 Å². The molecule has 0 spiro atoms. The Balaban J connectivity index is 1.35. The van der Waals surface area contributed by atoms with Crippen molar-refractivity contribution in [2.75, 3.05) is 23.7 Å². The molecule has 10 nitrogen and oxygen atoms in total. The lowest BCUT2D eigenvalue weighted by Crippen LogP contribution is -2.35. The Morgan fingerprint density at radius 1 is 1.09 bits per heavy atom. The number of piperidine rings is 1. The van der Waals surface area contributed by atoms with E-state index in [0.717, 1.165) is 53.9 Å². The molecule has 0 radical (unpaired) electrons. The van der Waals surface area contributed by atoms with Crippen LogP contribution in [-0.2, 0) is 0 Å². The molecule has 1 aromatic carbocycles. The molecular weight excluding hydrogens is 430 g/mol. The maximum absolute atomic E-state index is 12.6. The molecule has 3 aromatic heterocycles. The predicted octanol–water partition coefficient (Wildman–Crippen LogP) is 3.28. The van der Waals surface area contributed by atoms with E-state index in [4.69, 9.17) is 4.98 Å². The minimum atomic E-state index is -0.278. The van der Waals surface area contributed by atoms with E-state index >= 15 is 0 Å². The average Bonchev–Trinajstić information content (AvgIpc) is 3.36. The molecule has 0 bridgehead atoms. The number of amides is 1. The number of fused-ring (bicyclic) bond motifs is 1. The average molecular weight is 458 g/mol. The summed E-state index contributed by atoms with van der Waals surface area (Å²) in [5, 5.41) is 23.1. The van der Waals surface area contributed by atoms with E-state index in [0.29, 0.717) is 17.4 Å². The maximum Gasteiger partial charge on any atom is 0.260 e. The summed E-state index contributed by atoms with van der Waals surface area (Å²) in [5.41, 5.74) is 2.88. The fourth-order valence-corrected chi connectivity index (χ4v) is 3.94. The smallest absolute Gasteiger partial charge is 0.260 e. The monoisotopic (exact) mass is 457 g/mol. The molecule has 0 atom stereocenters. The van der Waals surface area contributed by atoms with Gasteiger partial charge in [0.05, 0.1) is 35.4 Å². The minimum absolute atomic E-state index is 0.178. The van der Waals surface area contributed by atoms with Gasteiger partial charge in [0.1, 0.15) is 5.82 Å². The molecule has 1 amide bonds. The summed E-state index contributed by atoms with van der Waals surface area (Å²) in [6, 6.07) is 8.21. The number of benzene rings is 1. The van der Waals surface area contributed by atoms with Gasteiger partial charge in [-0.2, -0.15) is 5.10 Å². The van der Waals surface area contributed by atoms with E-state index in [1.807, 2.05) is 32.0 Å². The van der Waals surface area contributed by atoms with Crippen molar-refractivity contribution in [2.45, 2.75) is 38.8 Å². The number of carbonyl (C=O) groups is 1. The second-order valence-corrected chi connectivity index (χ2v) is 8.72. The third kappa shape index (κ3) is 4.86. The molecule has 1 aliphatic heterocycles. The Kier molecular flexibility index (Phi) is 6.13. The van der Waals surface area contributed by atoms with Crippen LogP contribution in [0.25, 0.3) is 22.2 Å². The van der Waals surface area contributed by atoms with E-state index in [-0.39, 0.29) is 11.9 Å². The van der Waals surface area contributed by atoms with Crippen molar-refractivity contribution in [1.82, 2.24) is 35.3 Å². The van der Waals surface area contributed by atoms with E-state index in [1.54, 1.807) is 35.5 Å². The number of carbonyl (C=O) groups excluding carboxylic acids is 1. The van der Waals surface area contributed by atoms with Gasteiger partial charge in [-0.15, -0.1) is 10.2 Å². The molecule has 0 aliphatic carbocycles. The highest BCUT2D eigenvalue weighted by Gasteiger charge is 2.15. The van der Waals surface area contributed by atoms with Gasteiger partial charge in [-0.05, 0) is 58.0 Å². The quantitative estimate of drug-likeness (QED) is 0.403. The largest absolute Gasteiger partial charge is 0.366 e. The molecule has 0 unspecified atom stereocenters. The van der Waals surface area contributed by atoms with Gasteiger partial charge in [-0.25, -0.2) is 4.98 Å². The van der Waals surface area contributed by atoms with Crippen molar-refractivity contribution in [3.8, 4) is 11.3 Å². The van der Waals surface area contributed by atoms with Gasteiger partial charge < -0.3 is 16.0 Å². The van der Waals surface area contributed by atoms with Crippen LogP contribution >= 0.6 is 0 Å². The summed E-state index contributed by atoms with van der Waals surface area (Å²) < 4.78 is 1.74. The van der Waals surface area contributed by atoms with Gasteiger partial charge in [-0.3, -0.25) is 14.5 Å². The predicted molar refractivity (Wildman–Crippen MR) is 131 cm³/mol. The fourth-order valence-electron chi connectivity index (χ4n) is 3.94. The van der Waals surface area contributed by atoms with E-state index in [2.05, 4.69) is 36.2 Å². The maximum atomic E-state index is 12.6. The summed E-state index contributed by atoms with van der Waals surface area (Å²) in [5.74, 6) is 0.867. The number of aromatic nitrogens is 6. The van der Waals surface area contributed by atoms with Crippen molar-refractivity contribution < 1.29 is 4.79 Å². The second kappa shape index (κ2) is 9.52. The molecule has 174 valence electrons. The van der Waals surface area contributed by atoms with E-state index < -0.39 is 0 Å². The van der Waals surface area contributed by atoms with Gasteiger partial charge in [0, 0.05) is 29.2 Å². The lowest BCUT2D eigenvalue weighted by Gasteiger charge is -2.24. The zero-order chi connectivity index (χ0) is 23.5. The van der Waals surface area contributed by atoms with Gasteiger partial charge in [-0.1, -0.05) is 6.07 Å². The molecule has 1 saturated heterocycles. The summed E-state index contributed by atoms with van der Waals surface area (Å²) in [6.45, 7) is 6.03. The molecule has 0 saturated carbocycles. The van der Waals surface area contributed by atoms with E-state index in [1.165, 1.54) is 0 Å². The highest BCUT2D eigenvalue weighted by Crippen LogP contribution is 2.24. The summed E-state index contributed by atoms with van der Waals surface area (Å²) in [6.07, 6.45) is 8.90. The van der Waals surface area contributed by atoms with Crippen molar-refractivity contribution in [3.63, 3.8) is 0 Å². The zero-order valence-corrected chi connectivity index (χ0v) is 19.2. The van der Waals surface area contributed by atoms with Crippen molar-refractivity contribution in [2.24, 2.45) is 0 Å². The third-order valence-corrected chi connectivity index (χ3v) is 5.84. The molecule has 1 fully saturated rings. The molecule has 1 aliphatic rings. The third-order valence-electron chi connectivity index (χ3n) is 5.84. The molecule has 5 rings (SSSR count). The first-order valence-electron chi connectivity index (χ1n) is 11.5. The fraction of sp³-hybridized carbons (Fsp3) is 0.333. The number of nitrogens with zero attached hydrogens (tertiary/aromatic N) is 6. The van der Waals surface area contributed by atoms with Crippen LogP contribution in [0, 0.1) is 0 Å². The Labute approximate surface area is 197 Å². The highest BCUT2D eigenvalue weighted by molar-refractivity contribution is 6.04. The Bertz CT molecular complexity index is 1310. The summed E-state index contributed by atoms with van der Waals surface area (Å²) in [7, 11) is 0. The van der Waals surface area contributed by atoms with E-state index in [9.17, 15) is 4.79 Å². The second-order valence-electron chi connectivity index (χ2n) is 8.72.